The summed E-state index contributed by atoms with van der Waals surface area (Å²) in [6.45, 7) is 0.149. The SMILES string of the molecule is NC([O-])=S.[Cu+2].[O-]C(=S)N(CCO)CCO. The predicted octanol–water partition coefficient (Wildman–Crippen LogP) is -3.49. The van der Waals surface area contributed by atoms with Crippen LogP contribution in [0.25, 0.3) is 0 Å². The van der Waals surface area contributed by atoms with Gasteiger partial charge in [0.15, 0.2) is 0 Å². The molecule has 0 aromatic rings. The molecule has 0 amide bonds. The molecule has 0 saturated heterocycles. The number of hydrogen-bond donors (Lipinski definition) is 3. The number of thiocarbonyl (C=S) groups is 2. The van der Waals surface area contributed by atoms with Crippen molar-refractivity contribution in [3.05, 3.63) is 0 Å². The van der Waals surface area contributed by atoms with Crippen LogP contribution in [-0.4, -0.2) is 51.8 Å². The van der Waals surface area contributed by atoms with Gasteiger partial charge >= 0.3 is 17.1 Å². The van der Waals surface area contributed by atoms with Crippen molar-refractivity contribution in [3.8, 4) is 0 Å². The number of rotatable bonds is 4. The zero-order valence-electron chi connectivity index (χ0n) is 7.68. The average Bonchev–Trinajstić information content (AvgIpc) is 2.02. The molecule has 1 radical (unpaired) electrons. The van der Waals surface area contributed by atoms with Gasteiger partial charge in [-0.15, -0.1) is 0 Å². The Kier molecular flexibility index (Phi) is 18.7. The maximum atomic E-state index is 10.4. The molecule has 0 aromatic heterocycles. The normalized spacial score (nSPS) is 7.87. The molecule has 15 heavy (non-hydrogen) atoms. The molecule has 0 aliphatic carbocycles. The van der Waals surface area contributed by atoms with E-state index in [0.29, 0.717) is 0 Å². The second-order valence-corrected chi connectivity index (χ2v) is 2.77. The minimum atomic E-state index is -0.750. The van der Waals surface area contributed by atoms with Crippen molar-refractivity contribution in [1.29, 1.82) is 0 Å². The van der Waals surface area contributed by atoms with Gasteiger partial charge in [0.05, 0.1) is 13.2 Å². The van der Waals surface area contributed by atoms with Gasteiger partial charge in [-0.05, 0) is 0 Å². The fourth-order valence-electron chi connectivity index (χ4n) is 0.536. The molecule has 0 atom stereocenters. The van der Waals surface area contributed by atoms with E-state index in [0.717, 1.165) is 0 Å². The molecule has 93 valence electrons. The van der Waals surface area contributed by atoms with Crippen molar-refractivity contribution in [2.45, 2.75) is 0 Å². The van der Waals surface area contributed by atoms with E-state index in [9.17, 15) is 5.11 Å². The first-order chi connectivity index (χ1) is 6.45. The summed E-state index contributed by atoms with van der Waals surface area (Å²) in [5, 5.41) is 35.0. The van der Waals surface area contributed by atoms with Gasteiger partial charge in [-0.3, -0.25) is 0 Å². The first-order valence-electron chi connectivity index (χ1n) is 3.59. The van der Waals surface area contributed by atoms with Crippen LogP contribution in [0, 0.1) is 0 Å². The molecule has 0 aliphatic heterocycles. The summed E-state index contributed by atoms with van der Waals surface area (Å²) in [6.07, 6.45) is 0. The van der Waals surface area contributed by atoms with Gasteiger partial charge in [-0.25, -0.2) is 0 Å². The molecule has 6 nitrogen and oxygen atoms in total. The fraction of sp³-hybridized carbons (Fsp3) is 0.667. The minimum absolute atomic E-state index is 0. The molecule has 0 bridgehead atoms. The van der Waals surface area contributed by atoms with Gasteiger partial charge in [0, 0.05) is 23.4 Å². The molecule has 4 N–H and O–H groups in total. The van der Waals surface area contributed by atoms with Gasteiger partial charge in [0.2, 0.25) is 0 Å². The maximum Gasteiger partial charge on any atom is 2.00 e. The molecule has 0 unspecified atom stereocenters. The van der Waals surface area contributed by atoms with E-state index in [1.54, 1.807) is 0 Å². The van der Waals surface area contributed by atoms with Crippen molar-refractivity contribution < 1.29 is 37.5 Å². The van der Waals surface area contributed by atoms with E-state index in [1.165, 1.54) is 4.90 Å². The Labute approximate surface area is 109 Å². The number of nitrogens with two attached hydrogens (primary N) is 1. The third kappa shape index (κ3) is 20.0. The quantitative estimate of drug-likeness (QED) is 0.362. The van der Waals surface area contributed by atoms with E-state index in [1.807, 2.05) is 0 Å². The second kappa shape index (κ2) is 13.8. The predicted molar refractivity (Wildman–Crippen MR) is 55.1 cm³/mol. The monoisotopic (exact) mass is 303 g/mol. The number of aliphatic hydroxyl groups excluding tert-OH is 2. The fourth-order valence-corrected chi connectivity index (χ4v) is 0.718. The first kappa shape index (κ1) is 20.3. The summed E-state index contributed by atoms with van der Waals surface area (Å²) in [6, 6.07) is 0. The molecule has 0 saturated carbocycles. The largest absolute Gasteiger partial charge is 2.00 e. The third-order valence-electron chi connectivity index (χ3n) is 0.998. The van der Waals surface area contributed by atoms with Crippen molar-refractivity contribution in [3.63, 3.8) is 0 Å². The summed E-state index contributed by atoms with van der Waals surface area (Å²) in [7, 11) is 0. The van der Waals surface area contributed by atoms with Crippen LogP contribution >= 0.6 is 24.4 Å². The molecule has 0 fully saturated rings. The Bertz CT molecular complexity index is 175. The van der Waals surface area contributed by atoms with E-state index >= 15 is 0 Å². The third-order valence-corrected chi connectivity index (χ3v) is 1.26. The average molecular weight is 304 g/mol. The van der Waals surface area contributed by atoms with E-state index in [4.69, 9.17) is 15.3 Å². The van der Waals surface area contributed by atoms with E-state index < -0.39 is 10.3 Å². The molecule has 0 rings (SSSR count). The Morgan fingerprint density at radius 1 is 1.13 bits per heavy atom. The van der Waals surface area contributed by atoms with Gasteiger partial charge in [-0.1, -0.05) is 24.4 Å². The van der Waals surface area contributed by atoms with Crippen LogP contribution < -0.4 is 15.9 Å². The van der Waals surface area contributed by atoms with Crippen molar-refractivity contribution in [2.24, 2.45) is 5.73 Å². The molecule has 0 spiro atoms. The molecule has 0 aromatic carbocycles. The van der Waals surface area contributed by atoms with E-state index in [-0.39, 0.29) is 43.4 Å². The molecule has 0 heterocycles. The zero-order chi connectivity index (χ0) is 11.6. The Morgan fingerprint density at radius 2 is 1.40 bits per heavy atom. The summed E-state index contributed by atoms with van der Waals surface area (Å²) in [4.78, 5) is 1.20. The Hall–Kier alpha value is -0.181. The topological polar surface area (TPSA) is 116 Å². The van der Waals surface area contributed by atoms with Crippen LogP contribution in [0.2, 0.25) is 0 Å². The summed E-state index contributed by atoms with van der Waals surface area (Å²) < 4.78 is 0. The Morgan fingerprint density at radius 3 is 1.53 bits per heavy atom. The number of hydrogen-bond acceptors (Lipinski definition) is 6. The molecule has 0 aliphatic rings. The summed E-state index contributed by atoms with van der Waals surface area (Å²) in [5.74, 6) is 0. The summed E-state index contributed by atoms with van der Waals surface area (Å²) in [5.41, 5.74) is 4.29. The van der Waals surface area contributed by atoms with Gasteiger partial charge in [-0.2, -0.15) is 0 Å². The smallest absolute Gasteiger partial charge is 0.852 e. The zero-order valence-corrected chi connectivity index (χ0v) is 10.3. The first-order valence-corrected chi connectivity index (χ1v) is 4.41. The van der Waals surface area contributed by atoms with Crippen LogP contribution in [0.4, 0.5) is 0 Å². The van der Waals surface area contributed by atoms with Crippen LogP contribution in [-0.2, 0) is 17.1 Å². The standard InChI is InChI=1S/C5H11NO3S.CH3NOS.Cu/c7-3-1-6(2-4-8)5(9)10;2-1(3)4;/h7-8H,1-4H2,(H,9,10);(H3,2,3,4);/q;;+2/p-2. The molecular weight excluding hydrogens is 292 g/mol. The molecular formula is C6H12CuN2O4S2. The number of nitrogens with zero attached hydrogens (tertiary/aromatic N) is 1. The van der Waals surface area contributed by atoms with Crippen molar-refractivity contribution in [1.82, 2.24) is 4.90 Å². The van der Waals surface area contributed by atoms with E-state index in [2.05, 4.69) is 30.2 Å². The second-order valence-electron chi connectivity index (χ2n) is 2.02. The van der Waals surface area contributed by atoms with Crippen molar-refractivity contribution >= 4 is 34.8 Å². The number of aliphatic hydroxyl groups is 2. The molecule has 9 heteroatoms. The van der Waals surface area contributed by atoms with Crippen LogP contribution in [0.5, 0.6) is 0 Å². The van der Waals surface area contributed by atoms with Crippen LogP contribution in [0.15, 0.2) is 0 Å². The van der Waals surface area contributed by atoms with Gasteiger partial charge in [0.25, 0.3) is 0 Å². The van der Waals surface area contributed by atoms with Gasteiger partial charge in [0.1, 0.15) is 0 Å². The maximum absolute atomic E-state index is 10.4. The van der Waals surface area contributed by atoms with Crippen molar-refractivity contribution in [2.75, 3.05) is 26.3 Å². The summed E-state index contributed by atoms with van der Waals surface area (Å²) >= 11 is 8.06. The Balaban J connectivity index is -0.000000249. The van der Waals surface area contributed by atoms with Crippen LogP contribution in [0.3, 0.4) is 0 Å². The minimum Gasteiger partial charge on any atom is -0.852 e. The van der Waals surface area contributed by atoms with Crippen LogP contribution in [0.1, 0.15) is 0 Å². The van der Waals surface area contributed by atoms with Gasteiger partial charge < -0.3 is 31.1 Å².